The molecule has 2 atom stereocenters. The summed E-state index contributed by atoms with van der Waals surface area (Å²) >= 11 is 1.87. The molecule has 84 valence electrons. The quantitative estimate of drug-likeness (QED) is 0.848. The summed E-state index contributed by atoms with van der Waals surface area (Å²) in [5, 5.41) is 5.57. The van der Waals surface area contributed by atoms with Crippen molar-refractivity contribution in [1.82, 2.24) is 10.2 Å². The number of thiophene rings is 1. The second-order valence-corrected chi connectivity index (χ2v) is 5.29. The van der Waals surface area contributed by atoms with Gasteiger partial charge in [0.2, 0.25) is 0 Å². The maximum atomic E-state index is 3.40. The number of nitrogens with one attached hydrogen (secondary N) is 1. The fraction of sp³-hybridized carbons (Fsp3) is 0.667. The zero-order valence-electron chi connectivity index (χ0n) is 9.57. The van der Waals surface area contributed by atoms with Crippen LogP contribution in [0.2, 0.25) is 0 Å². The van der Waals surface area contributed by atoms with Gasteiger partial charge in [-0.2, -0.15) is 0 Å². The molecule has 2 heterocycles. The molecule has 1 saturated heterocycles. The number of likely N-dealkylation sites (N-methyl/N-ethyl adjacent to an activating group) is 1. The third-order valence-electron chi connectivity index (χ3n) is 3.36. The van der Waals surface area contributed by atoms with Gasteiger partial charge in [-0.25, -0.2) is 0 Å². The van der Waals surface area contributed by atoms with Crippen LogP contribution in [-0.2, 0) is 0 Å². The first-order valence-electron chi connectivity index (χ1n) is 5.76. The van der Waals surface area contributed by atoms with E-state index in [0.29, 0.717) is 12.1 Å². The Labute approximate surface area is 96.3 Å². The third-order valence-corrected chi connectivity index (χ3v) is 4.41. The lowest BCUT2D eigenvalue weighted by atomic mass is 10.0. The highest BCUT2D eigenvalue weighted by atomic mass is 32.1. The molecule has 2 rings (SSSR count). The minimum absolute atomic E-state index is 0.584. The molecule has 0 amide bonds. The monoisotopic (exact) mass is 224 g/mol. The first-order valence-corrected chi connectivity index (χ1v) is 6.64. The average molecular weight is 224 g/mol. The van der Waals surface area contributed by atoms with Crippen LogP contribution in [0.1, 0.15) is 30.7 Å². The summed E-state index contributed by atoms with van der Waals surface area (Å²) in [5.74, 6) is 0. The molecule has 2 nitrogen and oxygen atoms in total. The molecule has 0 spiro atoms. The first-order chi connectivity index (χ1) is 7.31. The Morgan fingerprint density at radius 1 is 1.60 bits per heavy atom. The standard InChI is InChI=1S/C12H20N2S/c1-10(12-6-4-8-15-12)14-7-3-5-11(9-14)13-2/h4,6,8,10-11,13H,3,5,7,9H2,1-2H3/t10-,11-/m1/s1. The molecular formula is C12H20N2S. The zero-order chi connectivity index (χ0) is 10.7. The molecule has 1 aliphatic heterocycles. The Hall–Kier alpha value is -0.380. The lowest BCUT2D eigenvalue weighted by Gasteiger charge is -2.36. The lowest BCUT2D eigenvalue weighted by molar-refractivity contribution is 0.151. The molecule has 1 aliphatic rings. The summed E-state index contributed by atoms with van der Waals surface area (Å²) in [7, 11) is 2.07. The molecule has 1 aromatic heterocycles. The highest BCUT2D eigenvalue weighted by Crippen LogP contribution is 2.27. The number of piperidine rings is 1. The van der Waals surface area contributed by atoms with E-state index in [2.05, 4.69) is 41.7 Å². The maximum Gasteiger partial charge on any atom is 0.0413 e. The third kappa shape index (κ3) is 2.60. The van der Waals surface area contributed by atoms with Crippen LogP contribution in [0.3, 0.4) is 0 Å². The van der Waals surface area contributed by atoms with Gasteiger partial charge in [0.15, 0.2) is 0 Å². The topological polar surface area (TPSA) is 15.3 Å². The number of likely N-dealkylation sites (tertiary alicyclic amines) is 1. The second-order valence-electron chi connectivity index (χ2n) is 4.31. The predicted molar refractivity (Wildman–Crippen MR) is 66.4 cm³/mol. The average Bonchev–Trinajstić information content (AvgIpc) is 2.81. The Bertz CT molecular complexity index is 284. The molecular weight excluding hydrogens is 204 g/mol. The highest BCUT2D eigenvalue weighted by molar-refractivity contribution is 7.10. The van der Waals surface area contributed by atoms with Crippen molar-refractivity contribution in [2.75, 3.05) is 20.1 Å². The number of hydrogen-bond donors (Lipinski definition) is 1. The van der Waals surface area contributed by atoms with E-state index >= 15 is 0 Å². The summed E-state index contributed by atoms with van der Waals surface area (Å²) in [6, 6.07) is 5.66. The van der Waals surface area contributed by atoms with Crippen molar-refractivity contribution in [3.63, 3.8) is 0 Å². The molecule has 0 saturated carbocycles. The Morgan fingerprint density at radius 3 is 3.13 bits per heavy atom. The summed E-state index contributed by atoms with van der Waals surface area (Å²) in [6.45, 7) is 4.76. The minimum Gasteiger partial charge on any atom is -0.316 e. The van der Waals surface area contributed by atoms with Gasteiger partial charge < -0.3 is 5.32 Å². The van der Waals surface area contributed by atoms with Crippen molar-refractivity contribution in [3.05, 3.63) is 22.4 Å². The summed E-state index contributed by atoms with van der Waals surface area (Å²) in [6.07, 6.45) is 2.64. The highest BCUT2D eigenvalue weighted by Gasteiger charge is 2.23. The summed E-state index contributed by atoms with van der Waals surface area (Å²) in [4.78, 5) is 4.09. The van der Waals surface area contributed by atoms with Crippen LogP contribution in [0.15, 0.2) is 17.5 Å². The Balaban J connectivity index is 1.98. The van der Waals surface area contributed by atoms with Crippen molar-refractivity contribution < 1.29 is 0 Å². The van der Waals surface area contributed by atoms with Crippen LogP contribution in [0.5, 0.6) is 0 Å². The van der Waals surface area contributed by atoms with Crippen LogP contribution >= 0.6 is 11.3 Å². The van der Waals surface area contributed by atoms with Crippen LogP contribution in [0.4, 0.5) is 0 Å². The molecule has 0 aromatic carbocycles. The Morgan fingerprint density at radius 2 is 2.47 bits per heavy atom. The molecule has 0 radical (unpaired) electrons. The van der Waals surface area contributed by atoms with Crippen LogP contribution < -0.4 is 5.32 Å². The van der Waals surface area contributed by atoms with E-state index in [9.17, 15) is 0 Å². The van der Waals surface area contributed by atoms with E-state index in [0.717, 1.165) is 0 Å². The molecule has 15 heavy (non-hydrogen) atoms. The maximum absolute atomic E-state index is 3.40. The summed E-state index contributed by atoms with van der Waals surface area (Å²) in [5.41, 5.74) is 0. The van der Waals surface area contributed by atoms with Crippen molar-refractivity contribution in [2.24, 2.45) is 0 Å². The number of rotatable bonds is 3. The molecule has 0 aliphatic carbocycles. The smallest absolute Gasteiger partial charge is 0.0413 e. The van der Waals surface area contributed by atoms with Crippen molar-refractivity contribution in [1.29, 1.82) is 0 Å². The van der Waals surface area contributed by atoms with Gasteiger partial charge in [0, 0.05) is 23.5 Å². The van der Waals surface area contributed by atoms with E-state index in [1.165, 1.54) is 30.8 Å². The van der Waals surface area contributed by atoms with Gasteiger partial charge in [0.05, 0.1) is 0 Å². The molecule has 0 unspecified atom stereocenters. The van der Waals surface area contributed by atoms with E-state index in [-0.39, 0.29) is 0 Å². The number of hydrogen-bond acceptors (Lipinski definition) is 3. The summed E-state index contributed by atoms with van der Waals surface area (Å²) < 4.78 is 0. The van der Waals surface area contributed by atoms with Crippen molar-refractivity contribution in [3.8, 4) is 0 Å². The van der Waals surface area contributed by atoms with Crippen LogP contribution in [0.25, 0.3) is 0 Å². The fourth-order valence-corrected chi connectivity index (χ4v) is 3.12. The largest absolute Gasteiger partial charge is 0.316 e. The lowest BCUT2D eigenvalue weighted by Crippen LogP contribution is -2.45. The van der Waals surface area contributed by atoms with E-state index in [1.54, 1.807) is 0 Å². The van der Waals surface area contributed by atoms with Crippen LogP contribution in [-0.4, -0.2) is 31.1 Å². The molecule has 1 N–H and O–H groups in total. The van der Waals surface area contributed by atoms with Crippen LogP contribution in [0, 0.1) is 0 Å². The number of nitrogens with zero attached hydrogens (tertiary/aromatic N) is 1. The van der Waals surface area contributed by atoms with Gasteiger partial charge >= 0.3 is 0 Å². The van der Waals surface area contributed by atoms with Gasteiger partial charge in [-0.15, -0.1) is 11.3 Å². The van der Waals surface area contributed by atoms with Crippen molar-refractivity contribution >= 4 is 11.3 Å². The Kier molecular flexibility index (Phi) is 3.78. The van der Waals surface area contributed by atoms with Gasteiger partial charge in [0.1, 0.15) is 0 Å². The van der Waals surface area contributed by atoms with Gasteiger partial charge in [-0.05, 0) is 44.8 Å². The predicted octanol–water partition coefficient (Wildman–Crippen LogP) is 2.49. The first kappa shape index (κ1) is 11.1. The normalized spacial score (nSPS) is 25.3. The van der Waals surface area contributed by atoms with Crippen molar-refractivity contribution in [2.45, 2.75) is 31.8 Å². The SMILES string of the molecule is CN[C@@H]1CCCN([C@H](C)c2cccs2)C1. The van der Waals surface area contributed by atoms with E-state index in [1.807, 2.05) is 11.3 Å². The molecule has 0 bridgehead atoms. The molecule has 1 fully saturated rings. The van der Waals surface area contributed by atoms with Gasteiger partial charge in [-0.3, -0.25) is 4.90 Å². The van der Waals surface area contributed by atoms with E-state index in [4.69, 9.17) is 0 Å². The second kappa shape index (κ2) is 5.10. The molecule has 3 heteroatoms. The van der Waals surface area contributed by atoms with Gasteiger partial charge in [-0.1, -0.05) is 6.07 Å². The fourth-order valence-electron chi connectivity index (χ4n) is 2.30. The van der Waals surface area contributed by atoms with Gasteiger partial charge in [0.25, 0.3) is 0 Å². The minimum atomic E-state index is 0.584. The van der Waals surface area contributed by atoms with E-state index < -0.39 is 0 Å². The molecule has 1 aromatic rings. The zero-order valence-corrected chi connectivity index (χ0v) is 10.4.